The first-order valence-electron chi connectivity index (χ1n) is 10.4. The van der Waals surface area contributed by atoms with Gasteiger partial charge in [0.1, 0.15) is 17.1 Å². The average molecular weight is 468 g/mol. The molecule has 0 atom stereocenters. The third-order valence-corrected chi connectivity index (χ3v) is 5.21. The number of hydrogen-bond donors (Lipinski definition) is 0. The van der Waals surface area contributed by atoms with Crippen molar-refractivity contribution in [2.45, 2.75) is 26.4 Å². The molecule has 0 aliphatic rings. The second kappa shape index (κ2) is 9.05. The smallest absolute Gasteiger partial charge is 0.449 e. The molecule has 1 aromatic heterocycles. The van der Waals surface area contributed by atoms with Gasteiger partial charge in [-0.05, 0) is 54.8 Å². The summed E-state index contributed by atoms with van der Waals surface area (Å²) in [6, 6.07) is 16.7. The average Bonchev–Trinajstić information content (AvgIpc) is 2.80. The third-order valence-electron chi connectivity index (χ3n) is 5.21. The van der Waals surface area contributed by atoms with Crippen molar-refractivity contribution in [1.29, 1.82) is 0 Å². The maximum Gasteiger partial charge on any atom is 0.453 e. The van der Waals surface area contributed by atoms with Crippen LogP contribution < -0.4 is 14.9 Å². The Bertz CT molecular complexity index is 1420. The molecule has 4 rings (SSSR count). The summed E-state index contributed by atoms with van der Waals surface area (Å²) in [5.41, 5.74) is 0.554. The van der Waals surface area contributed by atoms with Crippen molar-refractivity contribution in [2.24, 2.45) is 0 Å². The lowest BCUT2D eigenvalue weighted by Gasteiger charge is -2.14. The number of alkyl halides is 3. The summed E-state index contributed by atoms with van der Waals surface area (Å²) in [7, 11) is 0. The van der Waals surface area contributed by atoms with Gasteiger partial charge < -0.3 is 13.9 Å². The van der Waals surface area contributed by atoms with Gasteiger partial charge in [0.2, 0.25) is 11.2 Å². The molecule has 0 aliphatic heterocycles. The molecule has 0 aliphatic carbocycles. The van der Waals surface area contributed by atoms with Crippen LogP contribution in [0.15, 0.2) is 75.9 Å². The zero-order valence-corrected chi connectivity index (χ0v) is 18.2. The summed E-state index contributed by atoms with van der Waals surface area (Å²) in [5.74, 6) is -3.23. The van der Waals surface area contributed by atoms with Crippen molar-refractivity contribution in [2.75, 3.05) is 0 Å². The van der Waals surface area contributed by atoms with Gasteiger partial charge >= 0.3 is 12.1 Å². The highest BCUT2D eigenvalue weighted by atomic mass is 19.4. The molecule has 0 spiro atoms. The van der Waals surface area contributed by atoms with Crippen LogP contribution in [0.25, 0.3) is 11.0 Å². The Kier molecular flexibility index (Phi) is 6.15. The van der Waals surface area contributed by atoms with E-state index in [-0.39, 0.29) is 22.5 Å². The molecule has 0 amide bonds. The number of halogens is 3. The van der Waals surface area contributed by atoms with Gasteiger partial charge in [-0.15, -0.1) is 0 Å². The van der Waals surface area contributed by atoms with Crippen LogP contribution in [0.3, 0.4) is 0 Å². The Morgan fingerprint density at radius 1 is 0.971 bits per heavy atom. The fourth-order valence-corrected chi connectivity index (χ4v) is 3.37. The summed E-state index contributed by atoms with van der Waals surface area (Å²) < 4.78 is 57.0. The molecule has 8 heteroatoms. The van der Waals surface area contributed by atoms with Crippen LogP contribution in [-0.2, 0) is 12.6 Å². The number of esters is 1. The molecule has 0 fully saturated rings. The molecule has 0 unspecified atom stereocenters. The van der Waals surface area contributed by atoms with E-state index in [0.717, 1.165) is 18.1 Å². The second-order valence-electron chi connectivity index (χ2n) is 7.55. The Hall–Kier alpha value is -4.07. The van der Waals surface area contributed by atoms with Crippen molar-refractivity contribution in [1.82, 2.24) is 0 Å². The van der Waals surface area contributed by atoms with Gasteiger partial charge in [-0.1, -0.05) is 37.3 Å². The number of fused-ring (bicyclic) bond motifs is 1. The topological polar surface area (TPSA) is 65.7 Å². The predicted octanol–water partition coefficient (Wildman–Crippen LogP) is 6.69. The zero-order valence-electron chi connectivity index (χ0n) is 18.2. The van der Waals surface area contributed by atoms with Crippen molar-refractivity contribution in [3.63, 3.8) is 0 Å². The minimum Gasteiger partial charge on any atom is -0.449 e. The maximum absolute atomic E-state index is 13.8. The Morgan fingerprint density at radius 3 is 2.29 bits per heavy atom. The number of hydrogen-bond acceptors (Lipinski definition) is 5. The van der Waals surface area contributed by atoms with E-state index in [1.807, 2.05) is 6.92 Å². The molecule has 34 heavy (non-hydrogen) atoms. The fraction of sp³-hybridized carbons (Fsp3) is 0.154. The van der Waals surface area contributed by atoms with Crippen molar-refractivity contribution in [3.8, 4) is 17.2 Å². The molecule has 0 saturated heterocycles. The molecule has 0 saturated carbocycles. The lowest BCUT2D eigenvalue weighted by molar-refractivity contribution is -0.154. The Morgan fingerprint density at radius 2 is 1.65 bits per heavy atom. The van der Waals surface area contributed by atoms with Crippen molar-refractivity contribution in [3.05, 3.63) is 99.4 Å². The summed E-state index contributed by atoms with van der Waals surface area (Å²) in [5, 5.41) is -0.149. The maximum atomic E-state index is 13.8. The molecule has 0 bridgehead atoms. The van der Waals surface area contributed by atoms with E-state index < -0.39 is 29.1 Å². The van der Waals surface area contributed by atoms with Gasteiger partial charge in [0.15, 0.2) is 0 Å². The molecule has 4 aromatic rings. The number of benzene rings is 3. The molecular formula is C26H19F3O5. The minimum atomic E-state index is -5.00. The van der Waals surface area contributed by atoms with E-state index >= 15 is 0 Å². The van der Waals surface area contributed by atoms with Crippen LogP contribution in [0.4, 0.5) is 13.2 Å². The van der Waals surface area contributed by atoms with Crippen LogP contribution >= 0.6 is 0 Å². The van der Waals surface area contributed by atoms with Crippen LogP contribution in [0.1, 0.15) is 34.2 Å². The first-order chi connectivity index (χ1) is 16.2. The van der Waals surface area contributed by atoms with E-state index in [2.05, 4.69) is 0 Å². The normalized spacial score (nSPS) is 11.4. The number of carbonyl (C=O) groups excluding carboxylic acids is 1. The standard InChI is InChI=1S/C26H19F3O5/c1-3-16-8-10-17(11-9-16)32-23-22(30)20-13-12-18(14-21(20)34-24(23)26(27,28)29)33-25(31)19-7-5-4-6-15(19)2/h4-14H,3H2,1-2H3. The fourth-order valence-electron chi connectivity index (χ4n) is 3.37. The molecular weight excluding hydrogens is 449 g/mol. The van der Waals surface area contributed by atoms with Crippen LogP contribution in [0.2, 0.25) is 0 Å². The van der Waals surface area contributed by atoms with Crippen LogP contribution in [0.5, 0.6) is 17.2 Å². The molecule has 3 aromatic carbocycles. The van der Waals surface area contributed by atoms with Crippen molar-refractivity contribution < 1.29 is 31.9 Å². The van der Waals surface area contributed by atoms with Crippen molar-refractivity contribution >= 4 is 16.9 Å². The predicted molar refractivity (Wildman–Crippen MR) is 120 cm³/mol. The molecule has 174 valence electrons. The minimum absolute atomic E-state index is 0.0677. The SMILES string of the molecule is CCc1ccc(Oc2c(C(F)(F)F)oc3cc(OC(=O)c4ccccc4C)ccc3c2=O)cc1. The van der Waals surface area contributed by atoms with Gasteiger partial charge in [0, 0.05) is 6.07 Å². The highest BCUT2D eigenvalue weighted by molar-refractivity contribution is 5.93. The van der Waals surface area contributed by atoms with Gasteiger partial charge in [-0.2, -0.15) is 13.2 Å². The number of ether oxygens (including phenoxy) is 2. The van der Waals surface area contributed by atoms with Crippen LogP contribution in [0, 0.1) is 6.92 Å². The first-order valence-corrected chi connectivity index (χ1v) is 10.4. The van der Waals surface area contributed by atoms with E-state index in [9.17, 15) is 22.8 Å². The Balaban J connectivity index is 1.74. The van der Waals surface area contributed by atoms with Gasteiger partial charge in [-0.25, -0.2) is 4.79 Å². The largest absolute Gasteiger partial charge is 0.453 e. The van der Waals surface area contributed by atoms with Crippen LogP contribution in [-0.4, -0.2) is 5.97 Å². The monoisotopic (exact) mass is 468 g/mol. The first kappa shape index (κ1) is 23.1. The highest BCUT2D eigenvalue weighted by Gasteiger charge is 2.40. The highest BCUT2D eigenvalue weighted by Crippen LogP contribution is 2.38. The number of aryl methyl sites for hydroxylation is 2. The Labute approximate surface area is 192 Å². The number of rotatable bonds is 5. The lowest BCUT2D eigenvalue weighted by atomic mass is 10.1. The van der Waals surface area contributed by atoms with E-state index in [4.69, 9.17) is 13.9 Å². The zero-order chi connectivity index (χ0) is 24.5. The second-order valence-corrected chi connectivity index (χ2v) is 7.55. The van der Waals surface area contributed by atoms with E-state index in [0.29, 0.717) is 11.1 Å². The van der Waals surface area contributed by atoms with Gasteiger partial charge in [-0.3, -0.25) is 4.79 Å². The summed E-state index contributed by atoms with van der Waals surface area (Å²) in [6.45, 7) is 3.66. The van der Waals surface area contributed by atoms with Gasteiger partial charge in [0.25, 0.3) is 5.76 Å². The van der Waals surface area contributed by atoms with E-state index in [1.165, 1.54) is 24.3 Å². The number of carbonyl (C=O) groups is 1. The molecule has 5 nitrogen and oxygen atoms in total. The quantitative estimate of drug-likeness (QED) is 0.241. The summed E-state index contributed by atoms with van der Waals surface area (Å²) in [4.78, 5) is 25.4. The van der Waals surface area contributed by atoms with E-state index in [1.54, 1.807) is 43.3 Å². The molecule has 0 N–H and O–H groups in total. The lowest BCUT2D eigenvalue weighted by Crippen LogP contribution is -2.16. The molecule has 0 radical (unpaired) electrons. The summed E-state index contributed by atoms with van der Waals surface area (Å²) in [6.07, 6.45) is -4.26. The third kappa shape index (κ3) is 4.66. The van der Waals surface area contributed by atoms with Gasteiger partial charge in [0.05, 0.1) is 10.9 Å². The summed E-state index contributed by atoms with van der Waals surface area (Å²) >= 11 is 0. The molecule has 1 heterocycles.